The third kappa shape index (κ3) is 4.60. The van der Waals surface area contributed by atoms with Gasteiger partial charge in [-0.05, 0) is 37.3 Å². The van der Waals surface area contributed by atoms with Crippen LogP contribution in [0.3, 0.4) is 0 Å². The van der Waals surface area contributed by atoms with Crippen molar-refractivity contribution >= 4 is 23.0 Å². The molecule has 5 rings (SSSR count). The van der Waals surface area contributed by atoms with Crippen LogP contribution in [0.1, 0.15) is 47.6 Å². The maximum atomic E-state index is 14.7. The van der Waals surface area contributed by atoms with E-state index in [1.807, 2.05) is 0 Å². The van der Waals surface area contributed by atoms with Gasteiger partial charge in [0.15, 0.2) is 11.5 Å². The van der Waals surface area contributed by atoms with Gasteiger partial charge in [0.05, 0.1) is 40.6 Å². The lowest BCUT2D eigenvalue weighted by Crippen LogP contribution is -2.47. The van der Waals surface area contributed by atoms with E-state index in [2.05, 4.69) is 27.1 Å². The number of anilines is 3. The molecule has 0 spiro atoms. The van der Waals surface area contributed by atoms with Gasteiger partial charge in [-0.15, -0.1) is 0 Å². The quantitative estimate of drug-likeness (QED) is 0.421. The molecule has 2 aliphatic rings. The average Bonchev–Trinajstić information content (AvgIpc) is 3.20. The van der Waals surface area contributed by atoms with Crippen molar-refractivity contribution in [3.63, 3.8) is 0 Å². The Kier molecular flexibility index (Phi) is 6.50. The molecule has 3 aromatic rings. The maximum absolute atomic E-state index is 14.7. The summed E-state index contributed by atoms with van der Waals surface area (Å²) >= 11 is 0. The third-order valence-electron chi connectivity index (χ3n) is 6.84. The van der Waals surface area contributed by atoms with Crippen LogP contribution in [0, 0.1) is 23.4 Å². The molecule has 1 saturated heterocycles. The van der Waals surface area contributed by atoms with Crippen LogP contribution in [-0.4, -0.2) is 40.1 Å². The Morgan fingerprint density at radius 3 is 2.62 bits per heavy atom. The van der Waals surface area contributed by atoms with Crippen molar-refractivity contribution in [2.45, 2.75) is 38.3 Å². The van der Waals surface area contributed by atoms with Crippen LogP contribution < -0.4 is 21.7 Å². The second kappa shape index (κ2) is 9.64. The van der Waals surface area contributed by atoms with E-state index < -0.39 is 46.4 Å². The van der Waals surface area contributed by atoms with Gasteiger partial charge in [0, 0.05) is 30.8 Å². The van der Waals surface area contributed by atoms with Crippen LogP contribution in [0.4, 0.5) is 30.2 Å². The minimum absolute atomic E-state index is 0.0740. The Balaban J connectivity index is 1.55. The predicted molar refractivity (Wildman–Crippen MR) is 133 cm³/mol. The molecule has 0 radical (unpaired) electrons. The van der Waals surface area contributed by atoms with Crippen LogP contribution >= 0.6 is 0 Å². The van der Waals surface area contributed by atoms with E-state index in [-0.39, 0.29) is 11.7 Å². The van der Waals surface area contributed by atoms with Crippen molar-refractivity contribution in [1.29, 1.82) is 0 Å². The summed E-state index contributed by atoms with van der Waals surface area (Å²) in [5.74, 6) is -3.62. The van der Waals surface area contributed by atoms with Crippen molar-refractivity contribution in [2.24, 2.45) is 11.7 Å². The van der Waals surface area contributed by atoms with Crippen LogP contribution in [-0.2, 0) is 6.42 Å². The SMILES string of the molecule is C[C@@H]1C[C@H](N)CN(c2c(NC(=O)c3nc(-c4c(F)cccc4F)c(F)cc3N)cnc3c2CC[C@H]3O)C1. The van der Waals surface area contributed by atoms with Gasteiger partial charge in [0.2, 0.25) is 0 Å². The Morgan fingerprint density at radius 2 is 1.92 bits per heavy atom. The predicted octanol–water partition coefficient (Wildman–Crippen LogP) is 3.55. The van der Waals surface area contributed by atoms with E-state index in [1.165, 1.54) is 6.20 Å². The van der Waals surface area contributed by atoms with Gasteiger partial charge in [-0.25, -0.2) is 18.2 Å². The second-order valence-electron chi connectivity index (χ2n) is 9.75. The summed E-state index contributed by atoms with van der Waals surface area (Å²) in [6.07, 6.45) is 2.67. The number of carbonyl (C=O) groups is 1. The molecule has 1 fully saturated rings. The summed E-state index contributed by atoms with van der Waals surface area (Å²) in [4.78, 5) is 23.7. The molecular formula is C26H27F3N6O2. The smallest absolute Gasteiger partial charge is 0.276 e. The zero-order valence-electron chi connectivity index (χ0n) is 20.1. The molecule has 0 bridgehead atoms. The van der Waals surface area contributed by atoms with Gasteiger partial charge in [0.1, 0.15) is 17.3 Å². The van der Waals surface area contributed by atoms with Gasteiger partial charge in [-0.1, -0.05) is 13.0 Å². The van der Waals surface area contributed by atoms with E-state index in [9.17, 15) is 23.1 Å². The monoisotopic (exact) mass is 512 g/mol. The first-order valence-corrected chi connectivity index (χ1v) is 12.1. The van der Waals surface area contributed by atoms with Crippen molar-refractivity contribution in [3.8, 4) is 11.3 Å². The minimum Gasteiger partial charge on any atom is -0.397 e. The number of pyridine rings is 2. The van der Waals surface area contributed by atoms with Crippen molar-refractivity contribution in [1.82, 2.24) is 9.97 Å². The van der Waals surface area contributed by atoms with Gasteiger partial charge < -0.3 is 26.8 Å². The zero-order chi connectivity index (χ0) is 26.4. The van der Waals surface area contributed by atoms with Crippen LogP contribution in [0.2, 0.25) is 0 Å². The molecule has 1 amide bonds. The lowest BCUT2D eigenvalue weighted by Gasteiger charge is -2.38. The van der Waals surface area contributed by atoms with Gasteiger partial charge in [0.25, 0.3) is 5.91 Å². The summed E-state index contributed by atoms with van der Waals surface area (Å²) in [7, 11) is 0. The Bertz CT molecular complexity index is 1350. The number of nitrogen functional groups attached to an aromatic ring is 1. The number of hydrogen-bond acceptors (Lipinski definition) is 7. The Morgan fingerprint density at radius 1 is 1.19 bits per heavy atom. The number of carbonyl (C=O) groups excluding carboxylic acids is 1. The summed E-state index contributed by atoms with van der Waals surface area (Å²) in [6, 6.07) is 3.82. The maximum Gasteiger partial charge on any atom is 0.276 e. The molecular weight excluding hydrogens is 485 g/mol. The van der Waals surface area contributed by atoms with Crippen molar-refractivity contribution < 1.29 is 23.1 Å². The highest BCUT2D eigenvalue weighted by Gasteiger charge is 2.33. The summed E-state index contributed by atoms with van der Waals surface area (Å²) < 4.78 is 43.4. The molecule has 1 aliphatic heterocycles. The fourth-order valence-electron chi connectivity index (χ4n) is 5.31. The van der Waals surface area contributed by atoms with E-state index in [4.69, 9.17) is 11.5 Å². The molecule has 1 aromatic carbocycles. The molecule has 194 valence electrons. The molecule has 3 heterocycles. The number of rotatable bonds is 4. The first kappa shape index (κ1) is 25.0. The average molecular weight is 513 g/mol. The number of aliphatic hydroxyl groups excluding tert-OH is 1. The highest BCUT2D eigenvalue weighted by Crippen LogP contribution is 2.42. The summed E-state index contributed by atoms with van der Waals surface area (Å²) in [5.41, 5.74) is 12.6. The molecule has 3 atom stereocenters. The highest BCUT2D eigenvalue weighted by atomic mass is 19.1. The number of nitrogens with one attached hydrogen (secondary N) is 1. The second-order valence-corrected chi connectivity index (χ2v) is 9.75. The standard InChI is InChI=1S/C26H27F3N6O2/c1-12-7-13(30)11-35(10-12)25-14-5-6-20(36)22(14)32-9-19(25)33-26(37)24-18(31)8-17(29)23(34-24)21-15(27)3-2-4-16(21)28/h2-4,8-9,12-13,20,36H,5-7,10-11,30-31H2,1H3,(H,33,37)/t12-,13+,20-/m1/s1. The van der Waals surface area contributed by atoms with Crippen LogP contribution in [0.15, 0.2) is 30.5 Å². The highest BCUT2D eigenvalue weighted by molar-refractivity contribution is 6.08. The molecule has 0 unspecified atom stereocenters. The molecule has 8 nitrogen and oxygen atoms in total. The number of hydrogen-bond donors (Lipinski definition) is 4. The minimum atomic E-state index is -1.07. The molecule has 11 heteroatoms. The molecule has 0 saturated carbocycles. The number of aromatic nitrogens is 2. The van der Waals surface area contributed by atoms with Crippen molar-refractivity contribution in [2.75, 3.05) is 29.0 Å². The lowest BCUT2D eigenvalue weighted by atomic mass is 9.95. The molecule has 37 heavy (non-hydrogen) atoms. The molecule has 1 aliphatic carbocycles. The largest absolute Gasteiger partial charge is 0.397 e. The third-order valence-corrected chi connectivity index (χ3v) is 6.84. The Hall–Kier alpha value is -3.70. The topological polar surface area (TPSA) is 130 Å². The van der Waals surface area contributed by atoms with E-state index in [1.54, 1.807) is 0 Å². The van der Waals surface area contributed by atoms with Gasteiger partial charge in [-0.2, -0.15) is 0 Å². The fraction of sp³-hybridized carbons (Fsp3) is 0.346. The van der Waals surface area contributed by atoms with Crippen LogP contribution in [0.25, 0.3) is 11.3 Å². The number of halogens is 3. The van der Waals surface area contributed by atoms with E-state index >= 15 is 0 Å². The van der Waals surface area contributed by atoms with Gasteiger partial charge >= 0.3 is 0 Å². The van der Waals surface area contributed by atoms with Crippen LogP contribution in [0.5, 0.6) is 0 Å². The fourth-order valence-corrected chi connectivity index (χ4v) is 5.31. The number of aliphatic hydroxyl groups is 1. The lowest BCUT2D eigenvalue weighted by molar-refractivity contribution is 0.102. The number of fused-ring (bicyclic) bond motifs is 1. The number of amides is 1. The first-order chi connectivity index (χ1) is 17.6. The normalized spacial score (nSPS) is 21.1. The first-order valence-electron chi connectivity index (χ1n) is 12.1. The van der Waals surface area contributed by atoms with Gasteiger partial charge in [-0.3, -0.25) is 9.78 Å². The van der Waals surface area contributed by atoms with Crippen molar-refractivity contribution in [3.05, 3.63) is 64.9 Å². The summed E-state index contributed by atoms with van der Waals surface area (Å²) in [6.45, 7) is 3.33. The number of nitrogens with two attached hydrogens (primary N) is 2. The van der Waals surface area contributed by atoms with E-state index in [0.29, 0.717) is 48.9 Å². The number of piperidine rings is 1. The Labute approximate surface area is 211 Å². The molecule has 2 aromatic heterocycles. The summed E-state index contributed by atoms with van der Waals surface area (Å²) in [5, 5.41) is 13.1. The zero-order valence-corrected chi connectivity index (χ0v) is 20.1. The number of benzene rings is 1. The molecule has 6 N–H and O–H groups in total. The number of nitrogens with zero attached hydrogens (tertiary/aromatic N) is 3. The van der Waals surface area contributed by atoms with E-state index in [0.717, 1.165) is 36.2 Å².